The highest BCUT2D eigenvalue weighted by Crippen LogP contribution is 2.36. The van der Waals surface area contributed by atoms with Gasteiger partial charge in [-0.15, -0.1) is 0 Å². The Morgan fingerprint density at radius 1 is 1.30 bits per heavy atom. The maximum atomic E-state index is 14.4. The number of rotatable bonds is 3. The van der Waals surface area contributed by atoms with Crippen molar-refractivity contribution in [3.05, 3.63) is 43.6 Å². The largest absolute Gasteiger partial charge is 0.490 e. The monoisotopic (exact) mass is 341 g/mol. The molecule has 1 aromatic heterocycles. The molecule has 0 spiro atoms. The van der Waals surface area contributed by atoms with Crippen molar-refractivity contribution in [2.24, 2.45) is 0 Å². The summed E-state index contributed by atoms with van der Waals surface area (Å²) in [6.07, 6.45) is 1.68. The van der Waals surface area contributed by atoms with Crippen LogP contribution in [0.3, 0.4) is 0 Å². The van der Waals surface area contributed by atoms with Gasteiger partial charge in [0.1, 0.15) is 11.0 Å². The summed E-state index contributed by atoms with van der Waals surface area (Å²) in [7, 11) is 1.21. The lowest BCUT2D eigenvalue weighted by atomic mass is 10.1. The fourth-order valence-electron chi connectivity index (χ4n) is 2.79. The molecule has 1 aromatic carbocycles. The minimum atomic E-state index is -0.796. The summed E-state index contributed by atoms with van der Waals surface area (Å²) in [4.78, 5) is 22.9. The van der Waals surface area contributed by atoms with Crippen LogP contribution in [0, 0.1) is 15.9 Å². The number of nitro benzene ring substituents is 1. The van der Waals surface area contributed by atoms with E-state index >= 15 is 0 Å². The molecule has 23 heavy (non-hydrogen) atoms. The van der Waals surface area contributed by atoms with Gasteiger partial charge in [-0.05, 0) is 12.8 Å². The third-order valence-corrected chi connectivity index (χ3v) is 4.28. The second-order valence-electron chi connectivity index (χ2n) is 5.19. The zero-order chi connectivity index (χ0) is 16.7. The molecule has 2 aromatic rings. The summed E-state index contributed by atoms with van der Waals surface area (Å²) in [6.45, 7) is 1.03. The third-order valence-electron chi connectivity index (χ3n) is 3.90. The van der Waals surface area contributed by atoms with Crippen LogP contribution in [0.4, 0.5) is 10.1 Å². The van der Waals surface area contributed by atoms with Crippen LogP contribution in [-0.4, -0.2) is 21.4 Å². The zero-order valence-corrected chi connectivity index (χ0v) is 13.0. The molecular weight excluding hydrogens is 329 g/mol. The molecule has 0 amide bonds. The molecule has 0 atom stereocenters. The number of aromatic nitrogens is 2. The van der Waals surface area contributed by atoms with E-state index in [-0.39, 0.29) is 22.0 Å². The number of benzene rings is 1. The molecule has 1 aliphatic rings. The van der Waals surface area contributed by atoms with Gasteiger partial charge in [-0.3, -0.25) is 19.6 Å². The summed E-state index contributed by atoms with van der Waals surface area (Å²) in [6, 6.07) is 1.88. The lowest BCUT2D eigenvalue weighted by Gasteiger charge is -2.17. The molecule has 0 radical (unpaired) electrons. The van der Waals surface area contributed by atoms with Crippen molar-refractivity contribution in [1.82, 2.24) is 9.36 Å². The summed E-state index contributed by atoms with van der Waals surface area (Å²) < 4.78 is 22.2. The fraction of sp³-hybridized carbons (Fsp3) is 0.357. The van der Waals surface area contributed by atoms with Crippen molar-refractivity contribution >= 4 is 17.3 Å². The van der Waals surface area contributed by atoms with E-state index in [0.29, 0.717) is 13.1 Å². The highest BCUT2D eigenvalue weighted by atomic mass is 35.5. The molecule has 0 bridgehead atoms. The summed E-state index contributed by atoms with van der Waals surface area (Å²) >= 11 is 6.23. The quantitative estimate of drug-likeness (QED) is 0.635. The van der Waals surface area contributed by atoms with Crippen molar-refractivity contribution in [1.29, 1.82) is 0 Å². The summed E-state index contributed by atoms with van der Waals surface area (Å²) in [5.74, 6) is -1.01. The highest BCUT2D eigenvalue weighted by Gasteiger charge is 2.27. The average molecular weight is 342 g/mol. The number of methoxy groups -OCH3 is 1. The zero-order valence-electron chi connectivity index (χ0n) is 12.2. The molecule has 0 unspecified atom stereocenters. The molecule has 0 N–H and O–H groups in total. The van der Waals surface area contributed by atoms with Crippen LogP contribution < -0.4 is 10.3 Å². The van der Waals surface area contributed by atoms with Crippen molar-refractivity contribution in [2.75, 3.05) is 7.11 Å². The molecule has 0 saturated heterocycles. The van der Waals surface area contributed by atoms with Crippen LogP contribution in [0.5, 0.6) is 5.75 Å². The van der Waals surface area contributed by atoms with Gasteiger partial charge in [0.25, 0.3) is 5.56 Å². The highest BCUT2D eigenvalue weighted by molar-refractivity contribution is 6.32. The molecule has 0 saturated carbocycles. The van der Waals surface area contributed by atoms with E-state index in [0.717, 1.165) is 25.0 Å². The number of fused-ring (bicyclic) bond motifs is 1. The van der Waals surface area contributed by atoms with Gasteiger partial charge >= 0.3 is 5.69 Å². The Kier molecular flexibility index (Phi) is 3.85. The standard InChI is InChI=1S/C14H13ClFN3O4/c1-23-11-7-9(16)8(6-10(11)19(21)22)12-13(15)17-4-2-3-5-18(17)14(12)20/h6-7H,2-5H2,1H3. The van der Waals surface area contributed by atoms with Crippen molar-refractivity contribution in [3.63, 3.8) is 0 Å². The molecule has 122 valence electrons. The van der Waals surface area contributed by atoms with E-state index in [1.165, 1.54) is 11.8 Å². The van der Waals surface area contributed by atoms with E-state index in [9.17, 15) is 19.3 Å². The Labute approximate surface area is 135 Å². The third kappa shape index (κ3) is 2.39. The first-order valence-electron chi connectivity index (χ1n) is 6.97. The summed E-state index contributed by atoms with van der Waals surface area (Å²) in [5.41, 5.74) is -1.12. The Bertz CT molecular complexity index is 859. The lowest BCUT2D eigenvalue weighted by Crippen LogP contribution is -2.27. The minimum Gasteiger partial charge on any atom is -0.490 e. The maximum Gasteiger partial charge on any atom is 0.311 e. The Balaban J connectivity index is 2.28. The first-order valence-corrected chi connectivity index (χ1v) is 7.35. The Morgan fingerprint density at radius 3 is 2.52 bits per heavy atom. The molecule has 3 rings (SSSR count). The van der Waals surface area contributed by atoms with E-state index in [1.807, 2.05) is 0 Å². The molecule has 1 aliphatic heterocycles. The SMILES string of the molecule is COc1cc(F)c(-c2c(Cl)n3n(c2=O)CCCC3)cc1[N+](=O)[O-]. The molecular formula is C14H13ClFN3O4. The van der Waals surface area contributed by atoms with Crippen molar-refractivity contribution in [3.8, 4) is 16.9 Å². The van der Waals surface area contributed by atoms with Gasteiger partial charge in [0, 0.05) is 30.8 Å². The first-order chi connectivity index (χ1) is 11.0. The predicted molar refractivity (Wildman–Crippen MR) is 81.5 cm³/mol. The normalized spacial score (nSPS) is 13.7. The van der Waals surface area contributed by atoms with Crippen molar-refractivity contribution in [2.45, 2.75) is 25.9 Å². The van der Waals surface area contributed by atoms with Crippen LogP contribution in [0.2, 0.25) is 5.15 Å². The lowest BCUT2D eigenvalue weighted by molar-refractivity contribution is -0.385. The minimum absolute atomic E-state index is 0.0585. The molecule has 0 fully saturated rings. The topological polar surface area (TPSA) is 79.3 Å². The number of hydrogen-bond donors (Lipinski definition) is 0. The van der Waals surface area contributed by atoms with E-state index in [2.05, 4.69) is 0 Å². The average Bonchev–Trinajstić information content (AvgIpc) is 2.79. The summed E-state index contributed by atoms with van der Waals surface area (Å²) in [5, 5.41) is 11.2. The molecule has 2 heterocycles. The van der Waals surface area contributed by atoms with E-state index < -0.39 is 22.0 Å². The second kappa shape index (κ2) is 5.69. The van der Waals surface area contributed by atoms with Crippen LogP contribution in [0.1, 0.15) is 12.8 Å². The molecule has 7 nitrogen and oxygen atoms in total. The molecule has 9 heteroatoms. The van der Waals surface area contributed by atoms with Gasteiger partial charge in [-0.2, -0.15) is 0 Å². The Morgan fingerprint density at radius 2 is 1.96 bits per heavy atom. The second-order valence-corrected chi connectivity index (χ2v) is 5.54. The smallest absolute Gasteiger partial charge is 0.311 e. The van der Waals surface area contributed by atoms with Gasteiger partial charge in [-0.1, -0.05) is 11.6 Å². The van der Waals surface area contributed by atoms with Gasteiger partial charge in [0.05, 0.1) is 17.6 Å². The van der Waals surface area contributed by atoms with Gasteiger partial charge in [-0.25, -0.2) is 9.07 Å². The number of nitrogens with zero attached hydrogens (tertiary/aromatic N) is 3. The van der Waals surface area contributed by atoms with Gasteiger partial charge in [0.2, 0.25) is 0 Å². The van der Waals surface area contributed by atoms with E-state index in [4.69, 9.17) is 16.3 Å². The van der Waals surface area contributed by atoms with Crippen molar-refractivity contribution < 1.29 is 14.1 Å². The van der Waals surface area contributed by atoms with E-state index in [1.54, 1.807) is 4.68 Å². The fourth-order valence-corrected chi connectivity index (χ4v) is 3.15. The van der Waals surface area contributed by atoms with Crippen LogP contribution in [0.25, 0.3) is 11.1 Å². The van der Waals surface area contributed by atoms with Crippen LogP contribution in [-0.2, 0) is 13.1 Å². The first kappa shape index (κ1) is 15.5. The number of nitro groups is 1. The van der Waals surface area contributed by atoms with Crippen LogP contribution in [0.15, 0.2) is 16.9 Å². The van der Waals surface area contributed by atoms with Crippen LogP contribution >= 0.6 is 11.6 Å². The maximum absolute atomic E-state index is 14.4. The number of hydrogen-bond acceptors (Lipinski definition) is 4. The number of halogens is 2. The predicted octanol–water partition coefficient (Wildman–Crippen LogP) is 2.82. The number of ether oxygens (including phenoxy) is 1. The van der Waals surface area contributed by atoms with Gasteiger partial charge < -0.3 is 4.74 Å². The molecule has 0 aliphatic carbocycles. The van der Waals surface area contributed by atoms with Gasteiger partial charge in [0.15, 0.2) is 5.75 Å². The Hall–Kier alpha value is -2.35.